The zero-order valence-electron chi connectivity index (χ0n) is 18.2. The highest BCUT2D eigenvalue weighted by Gasteiger charge is 2.19. The minimum atomic E-state index is -3.69. The van der Waals surface area contributed by atoms with Crippen molar-refractivity contribution < 1.29 is 8.42 Å². The van der Waals surface area contributed by atoms with Crippen molar-refractivity contribution in [3.8, 4) is 11.1 Å². The molecule has 0 atom stereocenters. The van der Waals surface area contributed by atoms with Crippen molar-refractivity contribution in [1.29, 1.82) is 0 Å². The van der Waals surface area contributed by atoms with Crippen LogP contribution >= 0.6 is 0 Å². The quantitative estimate of drug-likeness (QED) is 0.489. The van der Waals surface area contributed by atoms with E-state index in [1.54, 1.807) is 23.7 Å². The van der Waals surface area contributed by atoms with E-state index in [2.05, 4.69) is 21.7 Å². The van der Waals surface area contributed by atoms with Crippen LogP contribution in [-0.4, -0.2) is 23.0 Å². The molecule has 0 saturated carbocycles. The first-order valence-corrected chi connectivity index (χ1v) is 11.8. The van der Waals surface area contributed by atoms with Crippen molar-refractivity contribution in [2.24, 2.45) is 0 Å². The topological polar surface area (TPSA) is 76.4 Å². The lowest BCUT2D eigenvalue weighted by Gasteiger charge is -2.11. The molecule has 0 aliphatic heterocycles. The Morgan fingerprint density at radius 1 is 0.968 bits per heavy atom. The Morgan fingerprint density at radius 3 is 2.39 bits per heavy atom. The van der Waals surface area contributed by atoms with Gasteiger partial charge in [-0.3, -0.25) is 0 Å². The van der Waals surface area contributed by atoms with E-state index in [0.717, 1.165) is 34.5 Å². The van der Waals surface area contributed by atoms with Gasteiger partial charge in [0, 0.05) is 23.5 Å². The lowest BCUT2D eigenvalue weighted by Crippen LogP contribution is -2.24. The van der Waals surface area contributed by atoms with Gasteiger partial charge in [0.25, 0.3) is 0 Å². The molecule has 6 nitrogen and oxygen atoms in total. The second-order valence-corrected chi connectivity index (χ2v) is 9.54. The largest absolute Gasteiger partial charge is 0.241 e. The van der Waals surface area contributed by atoms with Crippen LogP contribution in [0.3, 0.4) is 0 Å². The average molecular weight is 435 g/mol. The Hall–Kier alpha value is -3.03. The fourth-order valence-electron chi connectivity index (χ4n) is 3.68. The summed E-state index contributed by atoms with van der Waals surface area (Å²) in [5.41, 5.74) is 6.99. The molecule has 160 valence electrons. The maximum Gasteiger partial charge on any atom is 0.241 e. The van der Waals surface area contributed by atoms with Gasteiger partial charge in [0.15, 0.2) is 5.65 Å². The van der Waals surface area contributed by atoms with Gasteiger partial charge in [0.2, 0.25) is 10.0 Å². The number of sulfonamides is 1. The first kappa shape index (κ1) is 21.2. The van der Waals surface area contributed by atoms with Gasteiger partial charge in [0.05, 0.1) is 11.1 Å². The van der Waals surface area contributed by atoms with Crippen LogP contribution in [0.4, 0.5) is 0 Å². The summed E-state index contributed by atoms with van der Waals surface area (Å²) in [6.45, 7) is 8.05. The van der Waals surface area contributed by atoms with E-state index >= 15 is 0 Å². The van der Waals surface area contributed by atoms with Crippen molar-refractivity contribution in [1.82, 2.24) is 19.3 Å². The number of nitrogens with one attached hydrogen (secondary N) is 1. The standard InChI is InChI=1S/C24H26N4O2S/c1-5-19-7-9-20(10-8-19)14-26-31(29,30)23-13-21(11-6-16(23)2)22-15-25-28-18(4)12-17(3)27-24(22)28/h6-13,15,26H,5,14H2,1-4H3. The number of aromatic nitrogens is 3. The van der Waals surface area contributed by atoms with Gasteiger partial charge in [-0.2, -0.15) is 5.10 Å². The van der Waals surface area contributed by atoms with Gasteiger partial charge in [0.1, 0.15) is 0 Å². The Kier molecular flexibility index (Phi) is 5.64. The van der Waals surface area contributed by atoms with Gasteiger partial charge < -0.3 is 0 Å². The molecule has 0 saturated heterocycles. The van der Waals surface area contributed by atoms with Crippen LogP contribution < -0.4 is 4.72 Å². The fourth-order valence-corrected chi connectivity index (χ4v) is 4.97. The van der Waals surface area contributed by atoms with Crippen LogP contribution in [0.1, 0.15) is 35.0 Å². The third-order valence-electron chi connectivity index (χ3n) is 5.46. The summed E-state index contributed by atoms with van der Waals surface area (Å²) in [4.78, 5) is 4.88. The summed E-state index contributed by atoms with van der Waals surface area (Å²) in [5.74, 6) is 0. The maximum atomic E-state index is 13.1. The van der Waals surface area contributed by atoms with E-state index in [0.29, 0.717) is 11.2 Å². The molecule has 0 radical (unpaired) electrons. The summed E-state index contributed by atoms with van der Waals surface area (Å²) < 4.78 is 30.7. The molecular formula is C24H26N4O2S. The molecular weight excluding hydrogens is 408 g/mol. The van der Waals surface area contributed by atoms with E-state index < -0.39 is 10.0 Å². The highest BCUT2D eigenvalue weighted by atomic mass is 32.2. The van der Waals surface area contributed by atoms with E-state index in [1.165, 1.54) is 5.56 Å². The second kappa shape index (κ2) is 8.24. The van der Waals surface area contributed by atoms with Crippen molar-refractivity contribution in [3.05, 3.63) is 82.8 Å². The van der Waals surface area contributed by atoms with Crippen molar-refractivity contribution >= 4 is 15.7 Å². The van der Waals surface area contributed by atoms with Crippen LogP contribution in [0.25, 0.3) is 16.8 Å². The molecule has 0 bridgehead atoms. The predicted molar refractivity (Wildman–Crippen MR) is 122 cm³/mol. The predicted octanol–water partition coefficient (Wildman–Crippen LogP) is 4.36. The molecule has 2 aromatic heterocycles. The molecule has 0 aliphatic carbocycles. The molecule has 0 amide bonds. The van der Waals surface area contributed by atoms with Crippen molar-refractivity contribution in [3.63, 3.8) is 0 Å². The number of nitrogens with zero attached hydrogens (tertiary/aromatic N) is 3. The highest BCUT2D eigenvalue weighted by Crippen LogP contribution is 2.28. The number of rotatable bonds is 6. The summed E-state index contributed by atoms with van der Waals surface area (Å²) in [5, 5.41) is 4.43. The normalized spacial score (nSPS) is 11.9. The van der Waals surface area contributed by atoms with Crippen LogP contribution in [-0.2, 0) is 23.0 Å². The summed E-state index contributed by atoms with van der Waals surface area (Å²) in [6.07, 6.45) is 2.69. The first-order valence-electron chi connectivity index (χ1n) is 10.3. The Bertz CT molecular complexity index is 1360. The molecule has 31 heavy (non-hydrogen) atoms. The van der Waals surface area contributed by atoms with Crippen molar-refractivity contribution in [2.45, 2.75) is 45.6 Å². The summed E-state index contributed by atoms with van der Waals surface area (Å²) in [6, 6.07) is 15.4. The highest BCUT2D eigenvalue weighted by molar-refractivity contribution is 7.89. The number of benzene rings is 2. The van der Waals surface area contributed by atoms with Crippen LogP contribution in [0.5, 0.6) is 0 Å². The maximum absolute atomic E-state index is 13.1. The van der Waals surface area contributed by atoms with Gasteiger partial charge >= 0.3 is 0 Å². The summed E-state index contributed by atoms with van der Waals surface area (Å²) in [7, 11) is -3.69. The molecule has 0 aliphatic rings. The number of aryl methyl sites for hydroxylation is 4. The first-order chi connectivity index (χ1) is 14.8. The minimum absolute atomic E-state index is 0.243. The van der Waals surface area contributed by atoms with E-state index in [1.807, 2.05) is 56.3 Å². The zero-order chi connectivity index (χ0) is 22.2. The molecule has 2 aromatic carbocycles. The van der Waals surface area contributed by atoms with E-state index in [9.17, 15) is 8.42 Å². The third-order valence-corrected chi connectivity index (χ3v) is 7.01. The molecule has 7 heteroatoms. The number of hydrogen-bond donors (Lipinski definition) is 1. The monoisotopic (exact) mass is 434 g/mol. The average Bonchev–Trinajstić information content (AvgIpc) is 3.17. The Balaban J connectivity index is 1.67. The van der Waals surface area contributed by atoms with Crippen molar-refractivity contribution in [2.75, 3.05) is 0 Å². The Morgan fingerprint density at radius 2 is 1.68 bits per heavy atom. The fraction of sp³-hybridized carbons (Fsp3) is 0.250. The summed E-state index contributed by atoms with van der Waals surface area (Å²) >= 11 is 0. The second-order valence-electron chi connectivity index (χ2n) is 7.81. The molecule has 0 fully saturated rings. The zero-order valence-corrected chi connectivity index (χ0v) is 19.0. The molecule has 4 aromatic rings. The minimum Gasteiger partial charge on any atom is -0.233 e. The molecule has 2 heterocycles. The van der Waals surface area contributed by atoms with Crippen LogP contribution in [0, 0.1) is 20.8 Å². The number of hydrogen-bond acceptors (Lipinski definition) is 4. The molecule has 0 spiro atoms. The number of fused-ring (bicyclic) bond motifs is 1. The SMILES string of the molecule is CCc1ccc(CNS(=O)(=O)c2cc(-c3cnn4c(C)cc(C)nc34)ccc2C)cc1. The van der Waals surface area contributed by atoms with Gasteiger partial charge in [-0.25, -0.2) is 22.6 Å². The molecule has 4 rings (SSSR count). The van der Waals surface area contributed by atoms with Gasteiger partial charge in [-0.05, 0) is 61.6 Å². The Labute approximate surface area is 183 Å². The molecule has 1 N–H and O–H groups in total. The lowest BCUT2D eigenvalue weighted by atomic mass is 10.1. The lowest BCUT2D eigenvalue weighted by molar-refractivity contribution is 0.580. The van der Waals surface area contributed by atoms with Crippen LogP contribution in [0.15, 0.2) is 59.6 Å². The van der Waals surface area contributed by atoms with Gasteiger partial charge in [-0.1, -0.05) is 43.3 Å². The smallest absolute Gasteiger partial charge is 0.233 e. The van der Waals surface area contributed by atoms with Gasteiger partial charge in [-0.15, -0.1) is 0 Å². The molecule has 0 unspecified atom stereocenters. The van der Waals surface area contributed by atoms with E-state index in [-0.39, 0.29) is 11.4 Å². The van der Waals surface area contributed by atoms with E-state index in [4.69, 9.17) is 0 Å². The van der Waals surface area contributed by atoms with Crippen LogP contribution in [0.2, 0.25) is 0 Å². The third kappa shape index (κ3) is 4.24.